The van der Waals surface area contributed by atoms with Crippen molar-refractivity contribution >= 4 is 17.8 Å². The second-order valence-corrected chi connectivity index (χ2v) is 7.32. The molecule has 12 nitrogen and oxygen atoms in total. The lowest BCUT2D eigenvalue weighted by Gasteiger charge is -2.16. The standard InChI is InChI=1S/C18H23N5O5.C2H4O2/c1-3-23-5-4-11(8-16(23)25)18(27)21-13-6-12(7-14(13)24)17(26)19-9-15-20-10(2)28-22-15;1-2(3)4/h4-5,8,12-14,24H,3,6-7,9H2,1-2H3,(H,19,26)(H,21,27);1H3,(H,3,4)/t12-,13-,14-;/m0./s1. The van der Waals surface area contributed by atoms with E-state index in [2.05, 4.69) is 20.8 Å². The van der Waals surface area contributed by atoms with Crippen molar-refractivity contribution in [2.75, 3.05) is 0 Å². The quantitative estimate of drug-likeness (QED) is 0.466. The van der Waals surface area contributed by atoms with E-state index >= 15 is 0 Å². The molecule has 2 aromatic heterocycles. The molecule has 0 saturated heterocycles. The average molecular weight is 449 g/mol. The summed E-state index contributed by atoms with van der Waals surface area (Å²) in [6, 6.07) is 2.25. The lowest BCUT2D eigenvalue weighted by atomic mass is 10.1. The highest BCUT2D eigenvalue weighted by Crippen LogP contribution is 2.26. The Balaban J connectivity index is 0.000000837. The van der Waals surface area contributed by atoms with Gasteiger partial charge in [-0.1, -0.05) is 5.16 Å². The maximum atomic E-state index is 12.4. The number of aliphatic carboxylic acids is 1. The molecular weight excluding hydrogens is 422 g/mol. The number of aliphatic hydroxyl groups is 1. The molecular formula is C20H27N5O7. The molecule has 0 radical (unpaired) electrons. The summed E-state index contributed by atoms with van der Waals surface area (Å²) in [5.74, 6) is -1.19. The topological polar surface area (TPSA) is 177 Å². The number of carboxylic acid groups (broad SMARTS) is 1. The zero-order valence-electron chi connectivity index (χ0n) is 18.1. The molecule has 0 aliphatic heterocycles. The van der Waals surface area contributed by atoms with Gasteiger partial charge in [0.05, 0.1) is 18.7 Å². The first-order chi connectivity index (χ1) is 15.1. The number of pyridine rings is 1. The Bertz CT molecular complexity index is 1010. The molecule has 2 aromatic rings. The third-order valence-electron chi connectivity index (χ3n) is 4.81. The third-order valence-corrected chi connectivity index (χ3v) is 4.81. The normalized spacial score (nSPS) is 19.6. The second-order valence-electron chi connectivity index (χ2n) is 7.32. The van der Waals surface area contributed by atoms with Crippen molar-refractivity contribution in [3.05, 3.63) is 46.0 Å². The summed E-state index contributed by atoms with van der Waals surface area (Å²) in [5, 5.41) is 26.8. The fraction of sp³-hybridized carbons (Fsp3) is 0.500. The van der Waals surface area contributed by atoms with Gasteiger partial charge in [-0.25, -0.2) is 0 Å². The Kier molecular flexibility index (Phi) is 8.64. The number of hydrogen-bond donors (Lipinski definition) is 4. The number of nitrogens with zero attached hydrogens (tertiary/aromatic N) is 3. The number of carboxylic acids is 1. The minimum Gasteiger partial charge on any atom is -0.481 e. The molecule has 1 fully saturated rings. The lowest BCUT2D eigenvalue weighted by molar-refractivity contribution is -0.134. The van der Waals surface area contributed by atoms with Gasteiger partial charge in [-0.05, 0) is 25.8 Å². The SMILES string of the molecule is CC(=O)O.CCn1ccc(C(=O)N[C@H]2C[C@H](C(=O)NCc3noc(C)n3)C[C@@H]2O)cc1=O. The van der Waals surface area contributed by atoms with Crippen molar-refractivity contribution in [3.8, 4) is 0 Å². The van der Waals surface area contributed by atoms with Gasteiger partial charge in [0.15, 0.2) is 5.82 Å². The highest BCUT2D eigenvalue weighted by Gasteiger charge is 2.37. The molecule has 1 saturated carbocycles. The Labute approximate surface area is 183 Å². The predicted octanol–water partition coefficient (Wildman–Crippen LogP) is -0.164. The maximum absolute atomic E-state index is 12.4. The summed E-state index contributed by atoms with van der Waals surface area (Å²) in [6.07, 6.45) is 1.25. The number of carbonyl (C=O) groups is 3. The van der Waals surface area contributed by atoms with Gasteiger partial charge >= 0.3 is 0 Å². The van der Waals surface area contributed by atoms with E-state index in [1.807, 2.05) is 6.92 Å². The molecule has 2 heterocycles. The van der Waals surface area contributed by atoms with E-state index < -0.39 is 29.9 Å². The minimum absolute atomic E-state index is 0.132. The Morgan fingerprint density at radius 3 is 2.56 bits per heavy atom. The minimum atomic E-state index is -0.844. The van der Waals surface area contributed by atoms with Crippen LogP contribution in [-0.4, -0.2) is 54.9 Å². The van der Waals surface area contributed by atoms with E-state index in [0.717, 1.165) is 6.92 Å². The highest BCUT2D eigenvalue weighted by atomic mass is 16.5. The number of rotatable bonds is 6. The van der Waals surface area contributed by atoms with Gasteiger partial charge in [-0.15, -0.1) is 0 Å². The number of aliphatic hydroxyl groups excluding tert-OH is 1. The van der Waals surface area contributed by atoms with Gasteiger partial charge in [0.1, 0.15) is 0 Å². The van der Waals surface area contributed by atoms with Crippen LogP contribution in [0.2, 0.25) is 0 Å². The molecule has 0 unspecified atom stereocenters. The van der Waals surface area contributed by atoms with Crippen molar-refractivity contribution < 1.29 is 29.1 Å². The predicted molar refractivity (Wildman–Crippen MR) is 111 cm³/mol. The first-order valence-corrected chi connectivity index (χ1v) is 10.1. The van der Waals surface area contributed by atoms with Crippen LogP contribution in [0, 0.1) is 12.8 Å². The third kappa shape index (κ3) is 7.01. The lowest BCUT2D eigenvalue weighted by Crippen LogP contribution is -2.40. The van der Waals surface area contributed by atoms with Gasteiger partial charge in [0.2, 0.25) is 11.8 Å². The molecule has 0 aromatic carbocycles. The van der Waals surface area contributed by atoms with E-state index in [9.17, 15) is 19.5 Å². The number of aromatic nitrogens is 3. The zero-order valence-corrected chi connectivity index (χ0v) is 18.1. The zero-order chi connectivity index (χ0) is 23.8. The molecule has 12 heteroatoms. The fourth-order valence-electron chi connectivity index (χ4n) is 3.27. The summed E-state index contributed by atoms with van der Waals surface area (Å²) in [6.45, 7) is 5.22. The molecule has 3 atom stereocenters. The van der Waals surface area contributed by atoms with E-state index in [0.29, 0.717) is 24.7 Å². The number of nitrogens with one attached hydrogen (secondary N) is 2. The van der Waals surface area contributed by atoms with Gasteiger partial charge in [0.25, 0.3) is 17.4 Å². The van der Waals surface area contributed by atoms with Crippen molar-refractivity contribution in [3.63, 3.8) is 0 Å². The van der Waals surface area contributed by atoms with Gasteiger partial charge < -0.3 is 29.9 Å². The average Bonchev–Trinajstić information content (AvgIpc) is 3.31. The first-order valence-electron chi connectivity index (χ1n) is 10.1. The number of carbonyl (C=O) groups excluding carboxylic acids is 2. The Morgan fingerprint density at radius 1 is 1.31 bits per heavy atom. The monoisotopic (exact) mass is 449 g/mol. The van der Waals surface area contributed by atoms with E-state index in [1.165, 1.54) is 10.6 Å². The van der Waals surface area contributed by atoms with Crippen LogP contribution in [0.4, 0.5) is 0 Å². The van der Waals surface area contributed by atoms with Crippen LogP contribution >= 0.6 is 0 Å². The summed E-state index contributed by atoms with van der Waals surface area (Å²) in [7, 11) is 0. The van der Waals surface area contributed by atoms with Crippen LogP contribution in [0.25, 0.3) is 0 Å². The Morgan fingerprint density at radius 2 is 2.00 bits per heavy atom. The van der Waals surface area contributed by atoms with Crippen LogP contribution in [0.15, 0.2) is 27.6 Å². The largest absolute Gasteiger partial charge is 0.481 e. The smallest absolute Gasteiger partial charge is 0.300 e. The van der Waals surface area contributed by atoms with Crippen LogP contribution in [0.5, 0.6) is 0 Å². The van der Waals surface area contributed by atoms with Crippen molar-refractivity contribution in [2.24, 2.45) is 5.92 Å². The van der Waals surface area contributed by atoms with Crippen LogP contribution < -0.4 is 16.2 Å². The van der Waals surface area contributed by atoms with Crippen LogP contribution in [0.3, 0.4) is 0 Å². The Hall–Kier alpha value is -3.54. The van der Waals surface area contributed by atoms with Gasteiger partial charge in [-0.3, -0.25) is 19.2 Å². The van der Waals surface area contributed by atoms with Gasteiger partial charge in [-0.2, -0.15) is 4.98 Å². The molecule has 32 heavy (non-hydrogen) atoms. The summed E-state index contributed by atoms with van der Waals surface area (Å²) >= 11 is 0. The first kappa shape index (κ1) is 24.7. The van der Waals surface area contributed by atoms with Crippen molar-refractivity contribution in [1.82, 2.24) is 25.3 Å². The molecule has 0 bridgehead atoms. The van der Waals surface area contributed by atoms with E-state index in [-0.39, 0.29) is 30.0 Å². The van der Waals surface area contributed by atoms with Crippen molar-refractivity contribution in [2.45, 2.75) is 58.8 Å². The second kappa shape index (κ2) is 11.2. The molecule has 1 aliphatic rings. The number of aryl methyl sites for hydroxylation is 2. The highest BCUT2D eigenvalue weighted by molar-refractivity contribution is 5.94. The molecule has 1 aliphatic carbocycles. The van der Waals surface area contributed by atoms with Crippen LogP contribution in [0.1, 0.15) is 48.8 Å². The van der Waals surface area contributed by atoms with Crippen LogP contribution in [-0.2, 0) is 22.7 Å². The summed E-state index contributed by atoms with van der Waals surface area (Å²) in [4.78, 5) is 49.6. The number of amides is 2. The summed E-state index contributed by atoms with van der Waals surface area (Å²) in [5.41, 5.74) is -0.0432. The maximum Gasteiger partial charge on any atom is 0.300 e. The molecule has 3 rings (SSSR count). The van der Waals surface area contributed by atoms with E-state index in [4.69, 9.17) is 14.4 Å². The summed E-state index contributed by atoms with van der Waals surface area (Å²) < 4.78 is 6.32. The number of hydrogen-bond acceptors (Lipinski definition) is 8. The molecule has 174 valence electrons. The van der Waals surface area contributed by atoms with Gasteiger partial charge in [0, 0.05) is 44.1 Å². The molecule has 4 N–H and O–H groups in total. The van der Waals surface area contributed by atoms with E-state index in [1.54, 1.807) is 19.2 Å². The molecule has 2 amide bonds. The van der Waals surface area contributed by atoms with Crippen molar-refractivity contribution in [1.29, 1.82) is 0 Å². The molecule has 0 spiro atoms. The fourth-order valence-corrected chi connectivity index (χ4v) is 3.27.